The van der Waals surface area contributed by atoms with Gasteiger partial charge in [0, 0.05) is 38.3 Å². The molecule has 4 rings (SSSR count). The van der Waals surface area contributed by atoms with Crippen LogP contribution in [-0.2, 0) is 11.3 Å². The molecule has 0 amide bonds. The summed E-state index contributed by atoms with van der Waals surface area (Å²) in [5.74, 6) is 0.854. The molecule has 3 heteroatoms. The van der Waals surface area contributed by atoms with Crippen molar-refractivity contribution >= 4 is 0 Å². The van der Waals surface area contributed by atoms with E-state index in [0.29, 0.717) is 18.2 Å². The quantitative estimate of drug-likeness (QED) is 0.899. The van der Waals surface area contributed by atoms with E-state index in [4.69, 9.17) is 4.74 Å². The van der Waals surface area contributed by atoms with Crippen molar-refractivity contribution in [2.24, 2.45) is 5.92 Å². The number of likely N-dealkylation sites (tertiary alicyclic amines) is 1. The highest BCUT2D eigenvalue weighted by atomic mass is 16.5. The van der Waals surface area contributed by atoms with Gasteiger partial charge in [-0.25, -0.2) is 0 Å². The second-order valence-corrected chi connectivity index (χ2v) is 6.94. The molecule has 1 saturated carbocycles. The first-order valence-electron chi connectivity index (χ1n) is 8.52. The van der Waals surface area contributed by atoms with Crippen LogP contribution in [0.4, 0.5) is 0 Å². The average Bonchev–Trinajstić information content (AvgIpc) is 3.09. The van der Waals surface area contributed by atoms with Crippen molar-refractivity contribution in [2.75, 3.05) is 19.7 Å². The van der Waals surface area contributed by atoms with Crippen molar-refractivity contribution in [1.82, 2.24) is 10.2 Å². The number of benzene rings is 1. The molecule has 1 aliphatic carbocycles. The van der Waals surface area contributed by atoms with Gasteiger partial charge in [-0.2, -0.15) is 0 Å². The SMILES string of the molecule is c1ccc(CN2CCC(NC3CCOC3C3CC3)C2)cc1. The van der Waals surface area contributed by atoms with Gasteiger partial charge in [0.25, 0.3) is 0 Å². The van der Waals surface area contributed by atoms with Gasteiger partial charge in [0.1, 0.15) is 0 Å². The maximum atomic E-state index is 5.95. The van der Waals surface area contributed by atoms with Crippen molar-refractivity contribution in [3.63, 3.8) is 0 Å². The van der Waals surface area contributed by atoms with Crippen LogP contribution in [0.3, 0.4) is 0 Å². The van der Waals surface area contributed by atoms with E-state index < -0.39 is 0 Å². The van der Waals surface area contributed by atoms with E-state index in [9.17, 15) is 0 Å². The van der Waals surface area contributed by atoms with Crippen LogP contribution in [0.1, 0.15) is 31.2 Å². The lowest BCUT2D eigenvalue weighted by molar-refractivity contribution is 0.0790. The minimum absolute atomic E-state index is 0.508. The normalized spacial score (nSPS) is 33.6. The van der Waals surface area contributed by atoms with Crippen LogP contribution in [0.25, 0.3) is 0 Å². The topological polar surface area (TPSA) is 24.5 Å². The Hall–Kier alpha value is -0.900. The lowest BCUT2D eigenvalue weighted by Gasteiger charge is -2.24. The highest BCUT2D eigenvalue weighted by Crippen LogP contribution is 2.39. The molecule has 21 heavy (non-hydrogen) atoms. The van der Waals surface area contributed by atoms with Gasteiger partial charge in [0.15, 0.2) is 0 Å². The molecule has 2 saturated heterocycles. The third-order valence-corrected chi connectivity index (χ3v) is 5.19. The van der Waals surface area contributed by atoms with Crippen molar-refractivity contribution in [1.29, 1.82) is 0 Å². The summed E-state index contributed by atoms with van der Waals surface area (Å²) in [6.07, 6.45) is 5.76. The van der Waals surface area contributed by atoms with Crippen LogP contribution in [0.15, 0.2) is 30.3 Å². The van der Waals surface area contributed by atoms with E-state index in [1.807, 2.05) is 0 Å². The molecular formula is C18H26N2O. The number of ether oxygens (including phenoxy) is 1. The largest absolute Gasteiger partial charge is 0.376 e. The molecule has 3 nitrogen and oxygen atoms in total. The summed E-state index contributed by atoms with van der Waals surface area (Å²) in [6.45, 7) is 4.45. The summed E-state index contributed by atoms with van der Waals surface area (Å²) in [7, 11) is 0. The fourth-order valence-electron chi connectivity index (χ4n) is 3.94. The van der Waals surface area contributed by atoms with Crippen LogP contribution >= 0.6 is 0 Å². The summed E-state index contributed by atoms with van der Waals surface area (Å²) < 4.78 is 5.95. The van der Waals surface area contributed by atoms with Crippen LogP contribution in [0.5, 0.6) is 0 Å². The predicted molar refractivity (Wildman–Crippen MR) is 84.1 cm³/mol. The maximum absolute atomic E-state index is 5.95. The Kier molecular flexibility index (Phi) is 3.97. The highest BCUT2D eigenvalue weighted by Gasteiger charge is 2.41. The molecule has 3 fully saturated rings. The molecular weight excluding hydrogens is 260 g/mol. The molecule has 3 atom stereocenters. The van der Waals surface area contributed by atoms with Gasteiger partial charge < -0.3 is 10.1 Å². The summed E-state index contributed by atoms with van der Waals surface area (Å²) in [5, 5.41) is 3.90. The molecule has 0 radical (unpaired) electrons. The first kappa shape index (κ1) is 13.7. The zero-order chi connectivity index (χ0) is 14.1. The molecule has 2 aliphatic heterocycles. The second kappa shape index (κ2) is 6.07. The Morgan fingerprint density at radius 1 is 1.10 bits per heavy atom. The molecule has 0 bridgehead atoms. The standard InChI is InChI=1S/C18H26N2O/c1-2-4-14(5-3-1)12-20-10-8-16(13-20)19-17-9-11-21-18(17)15-6-7-15/h1-5,15-19H,6-13H2. The lowest BCUT2D eigenvalue weighted by Crippen LogP contribution is -2.44. The summed E-state index contributed by atoms with van der Waals surface area (Å²) >= 11 is 0. The fourth-order valence-corrected chi connectivity index (χ4v) is 3.94. The first-order valence-corrected chi connectivity index (χ1v) is 8.52. The molecule has 0 spiro atoms. The molecule has 3 unspecified atom stereocenters. The molecule has 2 heterocycles. The molecule has 1 aromatic rings. The fraction of sp³-hybridized carbons (Fsp3) is 0.667. The number of hydrogen-bond acceptors (Lipinski definition) is 3. The zero-order valence-electron chi connectivity index (χ0n) is 12.7. The average molecular weight is 286 g/mol. The molecule has 114 valence electrons. The molecule has 0 aromatic heterocycles. The Labute approximate surface area is 127 Å². The van der Waals surface area contributed by atoms with Crippen molar-refractivity contribution in [3.05, 3.63) is 35.9 Å². The van der Waals surface area contributed by atoms with E-state index in [0.717, 1.165) is 19.1 Å². The molecule has 1 N–H and O–H groups in total. The third kappa shape index (κ3) is 3.31. The Bertz CT molecular complexity index is 460. The highest BCUT2D eigenvalue weighted by molar-refractivity contribution is 5.14. The second-order valence-electron chi connectivity index (χ2n) is 6.94. The van der Waals surface area contributed by atoms with Gasteiger partial charge in [-0.1, -0.05) is 30.3 Å². The van der Waals surface area contributed by atoms with Crippen LogP contribution < -0.4 is 5.32 Å². The van der Waals surface area contributed by atoms with Crippen molar-refractivity contribution < 1.29 is 4.74 Å². The Balaban J connectivity index is 1.28. The van der Waals surface area contributed by atoms with Crippen LogP contribution in [0, 0.1) is 5.92 Å². The smallest absolute Gasteiger partial charge is 0.0757 e. The number of rotatable bonds is 5. The number of nitrogens with zero attached hydrogens (tertiary/aromatic N) is 1. The van der Waals surface area contributed by atoms with E-state index in [1.165, 1.54) is 44.3 Å². The van der Waals surface area contributed by atoms with E-state index in [-0.39, 0.29) is 0 Å². The van der Waals surface area contributed by atoms with Crippen LogP contribution in [-0.4, -0.2) is 42.8 Å². The van der Waals surface area contributed by atoms with E-state index in [1.54, 1.807) is 0 Å². The minimum atomic E-state index is 0.508. The third-order valence-electron chi connectivity index (χ3n) is 5.19. The lowest BCUT2D eigenvalue weighted by atomic mass is 10.0. The van der Waals surface area contributed by atoms with Gasteiger partial charge >= 0.3 is 0 Å². The predicted octanol–water partition coefficient (Wildman–Crippen LogP) is 2.42. The minimum Gasteiger partial charge on any atom is -0.376 e. The van der Waals surface area contributed by atoms with E-state index >= 15 is 0 Å². The monoisotopic (exact) mass is 286 g/mol. The van der Waals surface area contributed by atoms with E-state index in [2.05, 4.69) is 40.5 Å². The van der Waals surface area contributed by atoms with Gasteiger partial charge in [-0.15, -0.1) is 0 Å². The van der Waals surface area contributed by atoms with Gasteiger partial charge in [0.2, 0.25) is 0 Å². The van der Waals surface area contributed by atoms with Crippen LogP contribution in [0.2, 0.25) is 0 Å². The van der Waals surface area contributed by atoms with Crippen molar-refractivity contribution in [3.8, 4) is 0 Å². The Morgan fingerprint density at radius 3 is 2.76 bits per heavy atom. The summed E-state index contributed by atoms with van der Waals surface area (Å²) in [4.78, 5) is 2.58. The van der Waals surface area contributed by atoms with Gasteiger partial charge in [-0.3, -0.25) is 4.90 Å². The Morgan fingerprint density at radius 2 is 1.95 bits per heavy atom. The van der Waals surface area contributed by atoms with Gasteiger partial charge in [-0.05, 0) is 37.2 Å². The van der Waals surface area contributed by atoms with Gasteiger partial charge in [0.05, 0.1) is 6.10 Å². The molecule has 3 aliphatic rings. The molecule has 1 aromatic carbocycles. The van der Waals surface area contributed by atoms with Crippen molar-refractivity contribution in [2.45, 2.75) is 50.4 Å². The zero-order valence-corrected chi connectivity index (χ0v) is 12.7. The maximum Gasteiger partial charge on any atom is 0.0757 e. The number of nitrogens with one attached hydrogen (secondary N) is 1. The number of hydrogen-bond donors (Lipinski definition) is 1. The summed E-state index contributed by atoms with van der Waals surface area (Å²) in [5.41, 5.74) is 1.43. The summed E-state index contributed by atoms with van der Waals surface area (Å²) in [6, 6.07) is 12.1. The first-order chi connectivity index (χ1) is 10.4.